The van der Waals surface area contributed by atoms with E-state index in [2.05, 4.69) is 48.3 Å². The molecule has 0 atom stereocenters. The Morgan fingerprint density at radius 2 is 1.78 bits per heavy atom. The Balaban J connectivity index is 1.34. The van der Waals surface area contributed by atoms with Gasteiger partial charge in [0.05, 0.1) is 30.9 Å². The Hall–Kier alpha value is -3.37. The quantitative estimate of drug-likeness (QED) is 0.536. The number of nitrogens with one attached hydrogen (secondary N) is 2. The van der Waals surface area contributed by atoms with Gasteiger partial charge < -0.3 is 29.6 Å². The van der Waals surface area contributed by atoms with Gasteiger partial charge in [-0.25, -0.2) is 9.97 Å². The van der Waals surface area contributed by atoms with Crippen molar-refractivity contribution < 1.29 is 14.3 Å². The molecule has 3 aromatic rings. The van der Waals surface area contributed by atoms with Crippen LogP contribution in [0.2, 0.25) is 0 Å². The van der Waals surface area contributed by atoms with Crippen molar-refractivity contribution in [1.29, 1.82) is 0 Å². The molecule has 0 spiro atoms. The normalized spacial score (nSPS) is 20.1. The van der Waals surface area contributed by atoms with Crippen molar-refractivity contribution in [3.63, 3.8) is 0 Å². The van der Waals surface area contributed by atoms with Gasteiger partial charge in [0.15, 0.2) is 0 Å². The van der Waals surface area contributed by atoms with Crippen LogP contribution in [0.25, 0.3) is 11.0 Å². The number of aromatic nitrogens is 3. The smallest absolute Gasteiger partial charge is 0.222 e. The molecule has 4 bridgehead atoms. The van der Waals surface area contributed by atoms with Crippen LogP contribution in [0.5, 0.6) is 5.75 Å². The second kappa shape index (κ2) is 10.3. The Morgan fingerprint density at radius 1 is 0.917 bits per heavy atom. The molecule has 4 aliphatic rings. The van der Waals surface area contributed by atoms with E-state index < -0.39 is 0 Å². The van der Waals surface area contributed by atoms with Crippen molar-refractivity contribution in [2.24, 2.45) is 0 Å². The predicted molar refractivity (Wildman–Crippen MR) is 138 cm³/mol. The highest BCUT2D eigenvalue weighted by atomic mass is 16.5. The molecule has 0 radical (unpaired) electrons. The zero-order valence-corrected chi connectivity index (χ0v) is 20.5. The number of hydrogen-bond acceptors (Lipinski definition) is 8. The van der Waals surface area contributed by atoms with Crippen LogP contribution in [-0.2, 0) is 16.1 Å². The van der Waals surface area contributed by atoms with Crippen LogP contribution in [0.4, 0.5) is 17.2 Å². The maximum absolute atomic E-state index is 12.8. The second-order valence-corrected chi connectivity index (χ2v) is 9.63. The van der Waals surface area contributed by atoms with Gasteiger partial charge in [-0.2, -0.15) is 0 Å². The number of nitrogens with zero attached hydrogens (tertiary/aromatic N) is 5. The summed E-state index contributed by atoms with van der Waals surface area (Å²) < 4.78 is 11.9. The van der Waals surface area contributed by atoms with E-state index in [9.17, 15) is 4.79 Å². The molecule has 190 valence electrons. The molecule has 2 fully saturated rings. The van der Waals surface area contributed by atoms with E-state index in [1.165, 1.54) is 0 Å². The topological polar surface area (TPSA) is 98.8 Å². The highest BCUT2D eigenvalue weighted by Gasteiger charge is 2.23. The Morgan fingerprint density at radius 3 is 2.64 bits per heavy atom. The fourth-order valence-corrected chi connectivity index (χ4v) is 5.27. The molecule has 10 nitrogen and oxygen atoms in total. The van der Waals surface area contributed by atoms with E-state index >= 15 is 0 Å². The van der Waals surface area contributed by atoms with E-state index in [1.54, 1.807) is 6.33 Å². The lowest BCUT2D eigenvalue weighted by Crippen LogP contribution is -2.48. The zero-order chi connectivity index (χ0) is 24.3. The number of carbonyl (C=O) groups is 1. The van der Waals surface area contributed by atoms with Gasteiger partial charge in [0.25, 0.3) is 0 Å². The number of carbonyl (C=O) groups excluding carboxylic acids is 1. The Kier molecular flexibility index (Phi) is 6.61. The third kappa shape index (κ3) is 4.83. The van der Waals surface area contributed by atoms with E-state index in [-0.39, 0.29) is 5.91 Å². The number of fused-ring (bicyclic) bond motifs is 7. The van der Waals surface area contributed by atoms with Crippen LogP contribution < -0.4 is 15.0 Å². The molecule has 6 heterocycles. The SMILES string of the molecule is O=C1CCCCOc2cc(ccc2N2CCOCC2)Nc2ncnc3[nH]cc(c23)CN2CCN1CC2. The zero-order valence-electron chi connectivity index (χ0n) is 20.5. The number of hydrogen-bond donors (Lipinski definition) is 2. The van der Waals surface area contributed by atoms with E-state index in [4.69, 9.17) is 9.47 Å². The first-order valence-corrected chi connectivity index (χ1v) is 12.9. The van der Waals surface area contributed by atoms with Crippen molar-refractivity contribution >= 4 is 34.1 Å². The highest BCUT2D eigenvalue weighted by Crippen LogP contribution is 2.35. The van der Waals surface area contributed by atoms with E-state index in [0.717, 1.165) is 98.2 Å². The van der Waals surface area contributed by atoms with Crippen LogP contribution in [0.3, 0.4) is 0 Å². The molecular formula is C26H33N7O3. The van der Waals surface area contributed by atoms with Gasteiger partial charge in [0, 0.05) is 70.2 Å². The Labute approximate surface area is 210 Å². The van der Waals surface area contributed by atoms with Gasteiger partial charge in [-0.3, -0.25) is 9.69 Å². The number of rotatable bonds is 1. The van der Waals surface area contributed by atoms with Crippen LogP contribution in [0, 0.1) is 0 Å². The Bertz CT molecular complexity index is 1220. The molecule has 7 rings (SSSR count). The summed E-state index contributed by atoms with van der Waals surface area (Å²) in [5.74, 6) is 1.86. The summed E-state index contributed by atoms with van der Waals surface area (Å²) in [6.45, 7) is 7.73. The first-order valence-electron chi connectivity index (χ1n) is 12.9. The number of morpholine rings is 1. The first-order chi connectivity index (χ1) is 17.7. The number of ether oxygens (including phenoxy) is 2. The van der Waals surface area contributed by atoms with Crippen LogP contribution in [-0.4, -0.2) is 89.7 Å². The number of piperazine rings is 1. The van der Waals surface area contributed by atoms with Gasteiger partial charge in [-0.05, 0) is 30.5 Å². The molecule has 1 amide bonds. The third-order valence-corrected chi connectivity index (χ3v) is 7.29. The number of amides is 1. The fraction of sp³-hybridized carbons (Fsp3) is 0.500. The van der Waals surface area contributed by atoms with Crippen molar-refractivity contribution in [3.8, 4) is 5.75 Å². The van der Waals surface area contributed by atoms with Crippen LogP contribution in [0.1, 0.15) is 24.8 Å². The van der Waals surface area contributed by atoms with Crippen molar-refractivity contribution in [3.05, 3.63) is 36.3 Å². The van der Waals surface area contributed by atoms with Crippen molar-refractivity contribution in [2.75, 3.05) is 69.3 Å². The minimum absolute atomic E-state index is 0.249. The monoisotopic (exact) mass is 491 g/mol. The first kappa shape index (κ1) is 23.1. The summed E-state index contributed by atoms with van der Waals surface area (Å²) >= 11 is 0. The molecule has 0 unspecified atom stereocenters. The third-order valence-electron chi connectivity index (χ3n) is 7.29. The molecular weight excluding hydrogens is 458 g/mol. The van der Waals surface area contributed by atoms with Gasteiger partial charge in [0.2, 0.25) is 5.91 Å². The highest BCUT2D eigenvalue weighted by molar-refractivity contribution is 5.92. The maximum Gasteiger partial charge on any atom is 0.222 e. The predicted octanol–water partition coefficient (Wildman–Crippen LogP) is 2.75. The van der Waals surface area contributed by atoms with Gasteiger partial charge in [0.1, 0.15) is 23.5 Å². The summed E-state index contributed by atoms with van der Waals surface area (Å²) in [4.78, 5) is 31.8. The van der Waals surface area contributed by atoms with Gasteiger partial charge >= 0.3 is 0 Å². The second-order valence-electron chi connectivity index (χ2n) is 9.63. The van der Waals surface area contributed by atoms with Crippen molar-refractivity contribution in [1.82, 2.24) is 24.8 Å². The summed E-state index contributed by atoms with van der Waals surface area (Å²) in [6.07, 6.45) is 5.85. The molecule has 1 aromatic carbocycles. The molecule has 10 heteroatoms. The minimum Gasteiger partial charge on any atom is -0.491 e. The summed E-state index contributed by atoms with van der Waals surface area (Å²) in [6, 6.07) is 6.24. The molecule has 4 aliphatic heterocycles. The lowest BCUT2D eigenvalue weighted by Gasteiger charge is -2.34. The molecule has 2 N–H and O–H groups in total. The molecule has 0 saturated carbocycles. The van der Waals surface area contributed by atoms with Crippen LogP contribution >= 0.6 is 0 Å². The maximum atomic E-state index is 12.8. The molecule has 2 aromatic heterocycles. The number of aromatic amines is 1. The fourth-order valence-electron chi connectivity index (χ4n) is 5.27. The van der Waals surface area contributed by atoms with Gasteiger partial charge in [-0.15, -0.1) is 0 Å². The average Bonchev–Trinajstić information content (AvgIpc) is 3.32. The molecule has 2 saturated heterocycles. The van der Waals surface area contributed by atoms with E-state index in [1.807, 2.05) is 11.1 Å². The summed E-state index contributed by atoms with van der Waals surface area (Å²) in [5.41, 5.74) is 3.95. The number of H-pyrrole nitrogens is 1. The summed E-state index contributed by atoms with van der Waals surface area (Å²) in [7, 11) is 0. The standard InChI is InChI=1S/C26H33N7O3/c34-23-3-1-2-12-36-22-15-20(4-5-21(22)32-10-13-35-14-11-32)30-26-24-19(16-27-25(24)28-18-29-26)17-31-6-8-33(23)9-7-31/h4-5,15-16,18H,1-3,6-14,17H2,(H2,27,28,29,30). The summed E-state index contributed by atoms with van der Waals surface area (Å²) in [5, 5.41) is 4.53. The van der Waals surface area contributed by atoms with Crippen molar-refractivity contribution in [2.45, 2.75) is 25.8 Å². The number of benzene rings is 1. The molecule has 0 aliphatic carbocycles. The van der Waals surface area contributed by atoms with Gasteiger partial charge in [-0.1, -0.05) is 0 Å². The largest absolute Gasteiger partial charge is 0.491 e. The lowest BCUT2D eigenvalue weighted by molar-refractivity contribution is -0.133. The minimum atomic E-state index is 0.249. The number of anilines is 3. The lowest BCUT2D eigenvalue weighted by atomic mass is 10.1. The molecule has 36 heavy (non-hydrogen) atoms. The van der Waals surface area contributed by atoms with E-state index in [0.29, 0.717) is 26.2 Å². The van der Waals surface area contributed by atoms with Crippen LogP contribution in [0.15, 0.2) is 30.7 Å². The average molecular weight is 492 g/mol.